The van der Waals surface area contributed by atoms with Crippen molar-refractivity contribution in [2.24, 2.45) is 0 Å². The van der Waals surface area contributed by atoms with Gasteiger partial charge < -0.3 is 15.1 Å². The van der Waals surface area contributed by atoms with Gasteiger partial charge in [-0.05, 0) is 53.1 Å². The Bertz CT molecular complexity index is 1060. The van der Waals surface area contributed by atoms with E-state index in [9.17, 15) is 9.18 Å². The van der Waals surface area contributed by atoms with Crippen LogP contribution in [0.1, 0.15) is 24.8 Å². The Labute approximate surface area is 186 Å². The first kappa shape index (κ1) is 20.4. The van der Waals surface area contributed by atoms with Crippen LogP contribution >= 0.6 is 0 Å². The molecule has 8 nitrogen and oxygen atoms in total. The second-order valence-corrected chi connectivity index (χ2v) is 8.50. The van der Waals surface area contributed by atoms with Gasteiger partial charge in [-0.15, -0.1) is 0 Å². The zero-order valence-electron chi connectivity index (χ0n) is 17.8. The van der Waals surface area contributed by atoms with E-state index in [2.05, 4.69) is 25.7 Å². The number of nitrogens with zero attached hydrogens (tertiary/aromatic N) is 6. The maximum Gasteiger partial charge on any atom is 0.317 e. The second-order valence-electron chi connectivity index (χ2n) is 8.50. The molecule has 1 saturated heterocycles. The lowest BCUT2D eigenvalue weighted by Crippen LogP contribution is -2.55. The minimum Gasteiger partial charge on any atom is -0.337 e. The first-order valence-electron chi connectivity index (χ1n) is 11.0. The standard InChI is InChI=1S/C23H26FN7O/c24-19-9-7-18(8-10-19)23(11-4-12-23)17-25-22(32)30-15-13-29(14-16-30)21-26-27-28-31(21)20-5-2-1-3-6-20/h1-3,5-10H,4,11-17H2,(H,25,32). The van der Waals surface area contributed by atoms with E-state index < -0.39 is 0 Å². The van der Waals surface area contributed by atoms with Crippen molar-refractivity contribution in [1.29, 1.82) is 0 Å². The van der Waals surface area contributed by atoms with Gasteiger partial charge in [-0.3, -0.25) is 0 Å². The number of hydrogen-bond acceptors (Lipinski definition) is 5. The maximum absolute atomic E-state index is 13.3. The number of amides is 2. The Balaban J connectivity index is 1.18. The summed E-state index contributed by atoms with van der Waals surface area (Å²) in [5, 5.41) is 15.3. The quantitative estimate of drug-likeness (QED) is 0.667. The van der Waals surface area contributed by atoms with Gasteiger partial charge in [0.25, 0.3) is 0 Å². The van der Waals surface area contributed by atoms with Crippen molar-refractivity contribution in [3.05, 3.63) is 66.0 Å². The Kier molecular flexibility index (Phi) is 5.46. The topological polar surface area (TPSA) is 79.2 Å². The Morgan fingerprint density at radius 3 is 2.38 bits per heavy atom. The zero-order chi connectivity index (χ0) is 22.0. The van der Waals surface area contributed by atoms with E-state index in [0.717, 1.165) is 30.5 Å². The molecule has 9 heteroatoms. The third-order valence-corrected chi connectivity index (χ3v) is 6.65. The average Bonchev–Trinajstić information content (AvgIpc) is 3.30. The summed E-state index contributed by atoms with van der Waals surface area (Å²) in [5.41, 5.74) is 1.92. The predicted octanol–water partition coefficient (Wildman–Crippen LogP) is 2.75. The molecule has 0 atom stereocenters. The summed E-state index contributed by atoms with van der Waals surface area (Å²) in [6.45, 7) is 3.07. The highest BCUT2D eigenvalue weighted by molar-refractivity contribution is 5.74. The fourth-order valence-corrected chi connectivity index (χ4v) is 4.56. The molecule has 0 spiro atoms. The molecule has 2 aromatic carbocycles. The first-order chi connectivity index (χ1) is 15.6. The number of nitrogens with one attached hydrogen (secondary N) is 1. The van der Waals surface area contributed by atoms with Gasteiger partial charge in [-0.2, -0.15) is 4.68 Å². The molecule has 1 aliphatic heterocycles. The van der Waals surface area contributed by atoms with E-state index in [4.69, 9.17) is 0 Å². The van der Waals surface area contributed by atoms with Gasteiger partial charge in [0.05, 0.1) is 5.69 Å². The molecule has 0 bridgehead atoms. The van der Waals surface area contributed by atoms with E-state index in [0.29, 0.717) is 38.7 Å². The van der Waals surface area contributed by atoms with E-state index in [1.165, 1.54) is 12.1 Å². The number of para-hydroxylation sites is 1. The Morgan fingerprint density at radius 2 is 1.72 bits per heavy atom. The van der Waals surface area contributed by atoms with E-state index in [1.54, 1.807) is 4.68 Å². The molecule has 1 aliphatic carbocycles. The lowest BCUT2D eigenvalue weighted by atomic mass is 9.64. The summed E-state index contributed by atoms with van der Waals surface area (Å²) in [5.74, 6) is 0.449. The molecule has 2 heterocycles. The molecule has 32 heavy (non-hydrogen) atoms. The zero-order valence-corrected chi connectivity index (χ0v) is 17.8. The van der Waals surface area contributed by atoms with Crippen LogP contribution in [0.15, 0.2) is 54.6 Å². The number of tetrazole rings is 1. The summed E-state index contributed by atoms with van der Waals surface area (Å²) < 4.78 is 15.0. The summed E-state index contributed by atoms with van der Waals surface area (Å²) in [7, 11) is 0. The molecular weight excluding hydrogens is 409 g/mol. The smallest absolute Gasteiger partial charge is 0.317 e. The number of halogens is 1. The Hall–Kier alpha value is -3.49. The fraction of sp³-hybridized carbons (Fsp3) is 0.391. The molecule has 0 radical (unpaired) electrons. The third kappa shape index (κ3) is 3.90. The van der Waals surface area contributed by atoms with E-state index in [-0.39, 0.29) is 17.3 Å². The van der Waals surface area contributed by atoms with Gasteiger partial charge in [0.2, 0.25) is 5.95 Å². The van der Waals surface area contributed by atoms with E-state index >= 15 is 0 Å². The van der Waals surface area contributed by atoms with Crippen molar-refractivity contribution < 1.29 is 9.18 Å². The number of aromatic nitrogens is 4. The predicted molar refractivity (Wildman–Crippen MR) is 118 cm³/mol. The van der Waals surface area contributed by atoms with Gasteiger partial charge in [-0.25, -0.2) is 9.18 Å². The van der Waals surface area contributed by atoms with Crippen molar-refractivity contribution in [3.63, 3.8) is 0 Å². The number of hydrogen-bond donors (Lipinski definition) is 1. The summed E-state index contributed by atoms with van der Waals surface area (Å²) in [6.07, 6.45) is 3.14. The van der Waals surface area contributed by atoms with Crippen LogP contribution in [0.2, 0.25) is 0 Å². The molecule has 5 rings (SSSR count). The molecule has 1 saturated carbocycles. The van der Waals surface area contributed by atoms with Gasteiger partial charge in [-0.1, -0.05) is 41.9 Å². The molecule has 166 valence electrons. The normalized spacial score (nSPS) is 17.7. The number of urea groups is 1. The monoisotopic (exact) mass is 435 g/mol. The lowest BCUT2D eigenvalue weighted by Gasteiger charge is -2.43. The largest absolute Gasteiger partial charge is 0.337 e. The second kappa shape index (κ2) is 8.57. The fourth-order valence-electron chi connectivity index (χ4n) is 4.56. The van der Waals surface area contributed by atoms with Gasteiger partial charge in [0.15, 0.2) is 0 Å². The highest BCUT2D eigenvalue weighted by Crippen LogP contribution is 2.43. The number of rotatable bonds is 5. The molecule has 1 aromatic heterocycles. The van der Waals surface area contributed by atoms with Crippen LogP contribution in [0, 0.1) is 5.82 Å². The maximum atomic E-state index is 13.3. The van der Waals surface area contributed by atoms with Crippen LogP contribution in [0.4, 0.5) is 15.1 Å². The van der Waals surface area contributed by atoms with Crippen LogP contribution in [0.5, 0.6) is 0 Å². The van der Waals surface area contributed by atoms with Crippen molar-refractivity contribution in [2.45, 2.75) is 24.7 Å². The van der Waals surface area contributed by atoms with Crippen molar-refractivity contribution in [2.75, 3.05) is 37.6 Å². The molecule has 3 aromatic rings. The highest BCUT2D eigenvalue weighted by atomic mass is 19.1. The van der Waals surface area contributed by atoms with Crippen molar-refractivity contribution in [3.8, 4) is 5.69 Å². The average molecular weight is 436 g/mol. The number of anilines is 1. The van der Waals surface area contributed by atoms with Crippen molar-refractivity contribution in [1.82, 2.24) is 30.4 Å². The summed E-state index contributed by atoms with van der Waals surface area (Å²) >= 11 is 0. The van der Waals surface area contributed by atoms with Gasteiger partial charge in [0.1, 0.15) is 5.82 Å². The number of carbonyl (C=O) groups excluding carboxylic acids is 1. The number of carbonyl (C=O) groups is 1. The summed E-state index contributed by atoms with van der Waals surface area (Å²) in [4.78, 5) is 16.8. The third-order valence-electron chi connectivity index (χ3n) is 6.65. The van der Waals surface area contributed by atoms with Crippen molar-refractivity contribution >= 4 is 12.0 Å². The highest BCUT2D eigenvalue weighted by Gasteiger charge is 2.39. The first-order valence-corrected chi connectivity index (χ1v) is 11.0. The molecule has 1 N–H and O–H groups in total. The number of benzene rings is 2. The van der Waals surface area contributed by atoms with Gasteiger partial charge >= 0.3 is 6.03 Å². The molecule has 2 amide bonds. The van der Waals surface area contributed by atoms with Crippen LogP contribution in [0.3, 0.4) is 0 Å². The Morgan fingerprint density at radius 1 is 1.00 bits per heavy atom. The summed E-state index contributed by atoms with van der Waals surface area (Å²) in [6, 6.07) is 16.4. The van der Waals surface area contributed by atoms with Crippen LogP contribution in [-0.2, 0) is 5.41 Å². The van der Waals surface area contributed by atoms with Crippen LogP contribution in [-0.4, -0.2) is 63.9 Å². The minimum atomic E-state index is -0.233. The molecular formula is C23H26FN7O. The molecule has 2 aliphatic rings. The SMILES string of the molecule is O=C(NCC1(c2ccc(F)cc2)CCC1)N1CCN(c2nnnn2-c2ccccc2)CC1. The van der Waals surface area contributed by atoms with Crippen LogP contribution < -0.4 is 10.2 Å². The minimum absolute atomic E-state index is 0.0549. The molecule has 2 fully saturated rings. The number of piperazine rings is 1. The molecule has 0 unspecified atom stereocenters. The lowest BCUT2D eigenvalue weighted by molar-refractivity contribution is 0.180. The van der Waals surface area contributed by atoms with Gasteiger partial charge in [0, 0.05) is 38.1 Å². The van der Waals surface area contributed by atoms with E-state index in [1.807, 2.05) is 47.4 Å². The van der Waals surface area contributed by atoms with Crippen LogP contribution in [0.25, 0.3) is 5.69 Å².